The van der Waals surface area contributed by atoms with E-state index in [0.29, 0.717) is 12.1 Å². The minimum Gasteiger partial charge on any atom is -0.369 e. The molecule has 1 aliphatic heterocycles. The Labute approximate surface area is 138 Å². The molecule has 2 rings (SSSR count). The molecule has 0 saturated heterocycles. The van der Waals surface area contributed by atoms with Crippen LogP contribution in [0.4, 0.5) is 32.0 Å². The van der Waals surface area contributed by atoms with E-state index in [1.807, 2.05) is 0 Å². The molecule has 10 heteroatoms. The van der Waals surface area contributed by atoms with Crippen LogP contribution in [-0.4, -0.2) is 35.7 Å². The van der Waals surface area contributed by atoms with Gasteiger partial charge in [-0.2, -0.15) is 26.3 Å². The van der Waals surface area contributed by atoms with Gasteiger partial charge in [-0.25, -0.2) is 0 Å². The molecule has 1 N–H and O–H groups in total. The molecule has 25 heavy (non-hydrogen) atoms. The van der Waals surface area contributed by atoms with Crippen molar-refractivity contribution < 1.29 is 41.0 Å². The first-order valence-electron chi connectivity index (χ1n) is 7.08. The SMILES string of the molecule is CC(=O)CC(=O)N1CCc2cc(C(O)(C(F)(F)F)C(F)(F)F)ccc21. The van der Waals surface area contributed by atoms with Crippen molar-refractivity contribution >= 4 is 17.4 Å². The minimum atomic E-state index is -5.97. The maximum Gasteiger partial charge on any atom is 0.430 e. The normalized spacial score (nSPS) is 15.3. The van der Waals surface area contributed by atoms with E-state index in [9.17, 15) is 41.0 Å². The Morgan fingerprint density at radius 1 is 1.12 bits per heavy atom. The summed E-state index contributed by atoms with van der Waals surface area (Å²) in [4.78, 5) is 24.0. The molecule has 0 aromatic heterocycles. The quantitative estimate of drug-likeness (QED) is 0.659. The van der Waals surface area contributed by atoms with Gasteiger partial charge in [-0.15, -0.1) is 0 Å². The highest BCUT2D eigenvalue weighted by atomic mass is 19.4. The van der Waals surface area contributed by atoms with Gasteiger partial charge in [0, 0.05) is 17.8 Å². The Hall–Kier alpha value is -2.10. The Kier molecular flexibility index (Phi) is 4.62. The summed E-state index contributed by atoms with van der Waals surface area (Å²) in [5.41, 5.74) is -6.19. The zero-order valence-corrected chi connectivity index (χ0v) is 12.8. The Balaban J connectivity index is 2.46. The molecular weight excluding hydrogens is 356 g/mol. The summed E-state index contributed by atoms with van der Waals surface area (Å²) >= 11 is 0. The van der Waals surface area contributed by atoms with Crippen molar-refractivity contribution in [2.24, 2.45) is 0 Å². The molecule has 0 fully saturated rings. The molecule has 0 saturated carbocycles. The number of aliphatic hydroxyl groups is 1. The molecule has 0 atom stereocenters. The third-order valence-corrected chi connectivity index (χ3v) is 3.91. The number of hydrogen-bond acceptors (Lipinski definition) is 3. The summed E-state index contributed by atoms with van der Waals surface area (Å²) in [5, 5.41) is 9.41. The second-order valence-electron chi connectivity index (χ2n) is 5.72. The first-order chi connectivity index (χ1) is 11.3. The highest BCUT2D eigenvalue weighted by molar-refractivity contribution is 6.05. The van der Waals surface area contributed by atoms with Gasteiger partial charge in [-0.3, -0.25) is 9.59 Å². The first-order valence-corrected chi connectivity index (χ1v) is 7.08. The molecule has 0 spiro atoms. The van der Waals surface area contributed by atoms with Crippen LogP contribution >= 0.6 is 0 Å². The Morgan fingerprint density at radius 3 is 2.16 bits per heavy atom. The molecule has 138 valence electrons. The number of Topliss-reactive ketones (excluding diaryl/α,β-unsaturated/α-hetero) is 1. The van der Waals surface area contributed by atoms with Crippen LogP contribution in [0.1, 0.15) is 24.5 Å². The predicted octanol–water partition coefficient (Wildman–Crippen LogP) is 2.87. The van der Waals surface area contributed by atoms with Gasteiger partial charge in [0.15, 0.2) is 0 Å². The number of benzene rings is 1. The zero-order valence-electron chi connectivity index (χ0n) is 12.8. The third kappa shape index (κ3) is 3.22. The number of ketones is 1. The topological polar surface area (TPSA) is 57.6 Å². The number of hydrogen-bond donors (Lipinski definition) is 1. The van der Waals surface area contributed by atoms with Crippen molar-refractivity contribution in [3.63, 3.8) is 0 Å². The van der Waals surface area contributed by atoms with E-state index in [1.165, 1.54) is 6.92 Å². The number of anilines is 1. The monoisotopic (exact) mass is 369 g/mol. The second-order valence-corrected chi connectivity index (χ2v) is 5.72. The summed E-state index contributed by atoms with van der Waals surface area (Å²) in [6, 6.07) is 1.99. The van der Waals surface area contributed by atoms with Crippen LogP contribution in [0.2, 0.25) is 0 Å². The fraction of sp³-hybridized carbons (Fsp3) is 0.467. The molecular formula is C15H13F6NO3. The van der Waals surface area contributed by atoms with E-state index >= 15 is 0 Å². The third-order valence-electron chi connectivity index (χ3n) is 3.91. The highest BCUT2D eigenvalue weighted by Gasteiger charge is 2.71. The number of nitrogens with zero attached hydrogens (tertiary/aromatic N) is 1. The van der Waals surface area contributed by atoms with E-state index in [1.54, 1.807) is 0 Å². The van der Waals surface area contributed by atoms with Crippen LogP contribution in [0.5, 0.6) is 0 Å². The van der Waals surface area contributed by atoms with Gasteiger partial charge < -0.3 is 10.0 Å². The average Bonchev–Trinajstić information content (AvgIpc) is 2.86. The lowest BCUT2D eigenvalue weighted by Gasteiger charge is -2.33. The van der Waals surface area contributed by atoms with Gasteiger partial charge in [-0.1, -0.05) is 12.1 Å². The largest absolute Gasteiger partial charge is 0.430 e. The summed E-state index contributed by atoms with van der Waals surface area (Å²) < 4.78 is 77.5. The number of carbonyl (C=O) groups is 2. The lowest BCUT2D eigenvalue weighted by atomic mass is 9.90. The minimum absolute atomic E-state index is 0.0125. The van der Waals surface area contributed by atoms with Crippen LogP contribution in [-0.2, 0) is 21.6 Å². The van der Waals surface area contributed by atoms with E-state index < -0.39 is 41.6 Å². The number of amides is 1. The second kappa shape index (κ2) is 6.01. The van der Waals surface area contributed by atoms with E-state index in [0.717, 1.165) is 11.0 Å². The number of halogens is 6. The highest BCUT2D eigenvalue weighted by Crippen LogP contribution is 2.50. The van der Waals surface area contributed by atoms with E-state index in [2.05, 4.69) is 0 Å². The molecule has 1 amide bonds. The maximum atomic E-state index is 12.9. The van der Waals surface area contributed by atoms with Gasteiger partial charge >= 0.3 is 12.4 Å². The van der Waals surface area contributed by atoms with Gasteiger partial charge in [0.05, 0.1) is 6.42 Å². The van der Waals surface area contributed by atoms with Crippen molar-refractivity contribution in [2.75, 3.05) is 11.4 Å². The molecule has 0 aliphatic carbocycles. The van der Waals surface area contributed by atoms with Crippen LogP contribution in [0.3, 0.4) is 0 Å². The van der Waals surface area contributed by atoms with E-state index in [-0.39, 0.29) is 24.2 Å². The van der Waals surface area contributed by atoms with Crippen molar-refractivity contribution in [3.8, 4) is 0 Å². The standard InChI is InChI=1S/C15H13F6NO3/c1-8(23)6-12(24)22-5-4-9-7-10(2-3-11(9)22)13(25,14(16,17)18)15(19,20)21/h2-3,7,25H,4-6H2,1H3. The maximum absolute atomic E-state index is 12.9. The van der Waals surface area contributed by atoms with Crippen molar-refractivity contribution in [1.82, 2.24) is 0 Å². The zero-order chi connectivity index (χ0) is 19.2. The number of rotatable bonds is 3. The van der Waals surface area contributed by atoms with Crippen LogP contribution in [0, 0.1) is 0 Å². The lowest BCUT2D eigenvalue weighted by molar-refractivity contribution is -0.376. The smallest absolute Gasteiger partial charge is 0.369 e. The molecule has 1 aromatic carbocycles. The van der Waals surface area contributed by atoms with Gasteiger partial charge in [-0.05, 0) is 25.0 Å². The molecule has 0 unspecified atom stereocenters. The summed E-state index contributed by atoms with van der Waals surface area (Å²) in [5.74, 6) is -1.01. The van der Waals surface area contributed by atoms with Gasteiger partial charge in [0.2, 0.25) is 5.91 Å². The van der Waals surface area contributed by atoms with Gasteiger partial charge in [0.1, 0.15) is 5.78 Å². The molecule has 0 radical (unpaired) electrons. The van der Waals surface area contributed by atoms with Crippen molar-refractivity contribution in [1.29, 1.82) is 0 Å². The molecule has 1 aliphatic rings. The summed E-state index contributed by atoms with van der Waals surface area (Å²) in [6.45, 7) is 1.21. The average molecular weight is 369 g/mol. The lowest BCUT2D eigenvalue weighted by Crippen LogP contribution is -2.53. The first kappa shape index (κ1) is 19.2. The summed E-state index contributed by atoms with van der Waals surface area (Å²) in [7, 11) is 0. The van der Waals surface area contributed by atoms with Crippen LogP contribution in [0.25, 0.3) is 0 Å². The van der Waals surface area contributed by atoms with Crippen LogP contribution < -0.4 is 4.90 Å². The van der Waals surface area contributed by atoms with Crippen LogP contribution in [0.15, 0.2) is 18.2 Å². The fourth-order valence-corrected chi connectivity index (χ4v) is 2.68. The molecule has 1 aromatic rings. The van der Waals surface area contributed by atoms with Crippen molar-refractivity contribution in [2.45, 2.75) is 37.7 Å². The Bertz CT molecular complexity index is 696. The number of alkyl halides is 6. The molecule has 1 heterocycles. The summed E-state index contributed by atoms with van der Waals surface area (Å²) in [6.07, 6.45) is -12.3. The van der Waals surface area contributed by atoms with Crippen molar-refractivity contribution in [3.05, 3.63) is 29.3 Å². The predicted molar refractivity (Wildman–Crippen MR) is 73.8 cm³/mol. The number of fused-ring (bicyclic) bond motifs is 1. The number of carbonyl (C=O) groups excluding carboxylic acids is 2. The van der Waals surface area contributed by atoms with E-state index in [4.69, 9.17) is 0 Å². The fourth-order valence-electron chi connectivity index (χ4n) is 2.68. The molecule has 4 nitrogen and oxygen atoms in total. The van der Waals surface area contributed by atoms with Gasteiger partial charge in [0.25, 0.3) is 5.60 Å². The Morgan fingerprint density at radius 2 is 1.68 bits per heavy atom. The molecule has 0 bridgehead atoms.